The third-order valence-corrected chi connectivity index (χ3v) is 5.30. The first-order chi connectivity index (χ1) is 9.04. The van der Waals surface area contributed by atoms with E-state index in [9.17, 15) is 0 Å². The van der Waals surface area contributed by atoms with Crippen LogP contribution in [0.5, 0.6) is 0 Å². The first kappa shape index (κ1) is 15.0. The Kier molecular flexibility index (Phi) is 5.04. The Hall–Kier alpha value is -0.380. The summed E-state index contributed by atoms with van der Waals surface area (Å²) in [6, 6.07) is 3.66. The maximum absolute atomic E-state index is 3.40. The van der Waals surface area contributed by atoms with Gasteiger partial charge in [0.15, 0.2) is 0 Å². The Morgan fingerprint density at radius 1 is 1.42 bits per heavy atom. The smallest absolute Gasteiger partial charge is 0.0402 e. The van der Waals surface area contributed by atoms with Crippen LogP contribution in [0, 0.1) is 19.8 Å². The highest BCUT2D eigenvalue weighted by molar-refractivity contribution is 7.12. The van der Waals surface area contributed by atoms with E-state index in [0.29, 0.717) is 12.1 Å². The zero-order valence-corrected chi connectivity index (χ0v) is 13.8. The van der Waals surface area contributed by atoms with Gasteiger partial charge in [0, 0.05) is 21.8 Å². The van der Waals surface area contributed by atoms with E-state index in [0.717, 1.165) is 12.5 Å². The van der Waals surface area contributed by atoms with Gasteiger partial charge in [0.25, 0.3) is 0 Å². The molecule has 1 aromatic rings. The van der Waals surface area contributed by atoms with Crippen LogP contribution in [0.2, 0.25) is 0 Å². The highest BCUT2D eigenvalue weighted by atomic mass is 32.1. The molecule has 2 atom stereocenters. The summed E-state index contributed by atoms with van der Waals surface area (Å²) in [5, 5.41) is 3.40. The average Bonchev–Trinajstić information content (AvgIpc) is 2.68. The molecular weight excluding hydrogens is 252 g/mol. The fraction of sp³-hybridized carbons (Fsp3) is 0.750. The largest absolute Gasteiger partial charge is 0.319 e. The number of hydrogen-bond donors (Lipinski definition) is 1. The minimum absolute atomic E-state index is 0.603. The van der Waals surface area contributed by atoms with Gasteiger partial charge in [-0.3, -0.25) is 4.90 Å². The SMILES string of the molecule is CNCC1CCCN(C(C)C)C1c1cc(C)sc1C. The summed E-state index contributed by atoms with van der Waals surface area (Å²) in [6.07, 6.45) is 2.69. The predicted octanol–water partition coefficient (Wildman–Crippen LogP) is 3.75. The van der Waals surface area contributed by atoms with Gasteiger partial charge in [-0.2, -0.15) is 0 Å². The second-order valence-electron chi connectivity index (χ2n) is 6.10. The van der Waals surface area contributed by atoms with Crippen LogP contribution in [-0.4, -0.2) is 31.1 Å². The van der Waals surface area contributed by atoms with Crippen LogP contribution in [0.4, 0.5) is 0 Å². The van der Waals surface area contributed by atoms with E-state index in [4.69, 9.17) is 0 Å². The summed E-state index contributed by atoms with van der Waals surface area (Å²) in [6.45, 7) is 11.6. The van der Waals surface area contributed by atoms with E-state index in [1.807, 2.05) is 11.3 Å². The van der Waals surface area contributed by atoms with Crippen LogP contribution in [-0.2, 0) is 0 Å². The van der Waals surface area contributed by atoms with Crippen LogP contribution >= 0.6 is 11.3 Å². The van der Waals surface area contributed by atoms with Crippen molar-refractivity contribution in [2.75, 3.05) is 20.1 Å². The second kappa shape index (κ2) is 6.38. The van der Waals surface area contributed by atoms with E-state index in [2.05, 4.69) is 51.0 Å². The van der Waals surface area contributed by atoms with Gasteiger partial charge in [0.05, 0.1) is 0 Å². The van der Waals surface area contributed by atoms with Crippen molar-refractivity contribution >= 4 is 11.3 Å². The zero-order chi connectivity index (χ0) is 14.0. The lowest BCUT2D eigenvalue weighted by molar-refractivity contribution is 0.0635. The fourth-order valence-electron chi connectivity index (χ4n) is 3.54. The van der Waals surface area contributed by atoms with Gasteiger partial charge in [-0.15, -0.1) is 11.3 Å². The van der Waals surface area contributed by atoms with Gasteiger partial charge in [0.1, 0.15) is 0 Å². The van der Waals surface area contributed by atoms with Crippen LogP contribution < -0.4 is 5.32 Å². The summed E-state index contributed by atoms with van der Waals surface area (Å²) < 4.78 is 0. The fourth-order valence-corrected chi connectivity index (χ4v) is 4.50. The minimum atomic E-state index is 0.603. The number of nitrogens with zero attached hydrogens (tertiary/aromatic N) is 1. The number of aryl methyl sites for hydroxylation is 2. The van der Waals surface area contributed by atoms with Gasteiger partial charge in [0.2, 0.25) is 0 Å². The number of rotatable bonds is 4. The molecule has 0 saturated carbocycles. The van der Waals surface area contributed by atoms with Crippen LogP contribution in [0.15, 0.2) is 6.07 Å². The Bertz CT molecular complexity index is 409. The third-order valence-electron chi connectivity index (χ3n) is 4.32. The van der Waals surface area contributed by atoms with Crippen LogP contribution in [0.25, 0.3) is 0 Å². The zero-order valence-electron chi connectivity index (χ0n) is 13.0. The highest BCUT2D eigenvalue weighted by Crippen LogP contribution is 2.40. The first-order valence-electron chi connectivity index (χ1n) is 7.51. The Morgan fingerprint density at radius 2 is 2.16 bits per heavy atom. The number of nitrogens with one attached hydrogen (secondary N) is 1. The molecule has 108 valence electrons. The molecule has 19 heavy (non-hydrogen) atoms. The summed E-state index contributed by atoms with van der Waals surface area (Å²) >= 11 is 1.95. The lowest BCUT2D eigenvalue weighted by Crippen LogP contribution is -2.45. The number of piperidine rings is 1. The normalized spacial score (nSPS) is 25.2. The lowest BCUT2D eigenvalue weighted by atomic mass is 9.83. The summed E-state index contributed by atoms with van der Waals surface area (Å²) in [5.41, 5.74) is 1.58. The quantitative estimate of drug-likeness (QED) is 0.903. The van der Waals surface area contributed by atoms with Crippen molar-refractivity contribution in [3.05, 3.63) is 21.4 Å². The molecule has 0 aliphatic carbocycles. The molecule has 1 aliphatic rings. The van der Waals surface area contributed by atoms with Crippen molar-refractivity contribution in [1.82, 2.24) is 10.2 Å². The van der Waals surface area contributed by atoms with Gasteiger partial charge < -0.3 is 5.32 Å². The molecule has 0 amide bonds. The highest BCUT2D eigenvalue weighted by Gasteiger charge is 2.34. The molecular formula is C16H28N2S. The van der Waals surface area contributed by atoms with Crippen molar-refractivity contribution in [2.45, 2.75) is 52.6 Å². The molecule has 1 aromatic heterocycles. The summed E-state index contributed by atoms with van der Waals surface area (Å²) in [7, 11) is 2.08. The van der Waals surface area contributed by atoms with Crippen molar-refractivity contribution in [3.63, 3.8) is 0 Å². The average molecular weight is 280 g/mol. The van der Waals surface area contributed by atoms with Gasteiger partial charge in [-0.25, -0.2) is 0 Å². The predicted molar refractivity (Wildman–Crippen MR) is 85.0 cm³/mol. The van der Waals surface area contributed by atoms with Gasteiger partial charge in [-0.1, -0.05) is 0 Å². The van der Waals surface area contributed by atoms with E-state index in [-0.39, 0.29) is 0 Å². The van der Waals surface area contributed by atoms with Crippen LogP contribution in [0.1, 0.15) is 48.0 Å². The van der Waals surface area contributed by atoms with Crippen molar-refractivity contribution in [1.29, 1.82) is 0 Å². The number of likely N-dealkylation sites (tertiary alicyclic amines) is 1. The lowest BCUT2D eigenvalue weighted by Gasteiger charge is -2.44. The van der Waals surface area contributed by atoms with E-state index in [1.165, 1.54) is 29.1 Å². The molecule has 1 saturated heterocycles. The number of hydrogen-bond acceptors (Lipinski definition) is 3. The second-order valence-corrected chi connectivity index (χ2v) is 7.57. The van der Waals surface area contributed by atoms with Gasteiger partial charge in [-0.05, 0) is 78.2 Å². The first-order valence-corrected chi connectivity index (χ1v) is 8.33. The van der Waals surface area contributed by atoms with E-state index in [1.54, 1.807) is 5.56 Å². The molecule has 1 fully saturated rings. The molecule has 1 N–H and O–H groups in total. The maximum atomic E-state index is 3.40. The van der Waals surface area contributed by atoms with Crippen molar-refractivity contribution in [3.8, 4) is 0 Å². The van der Waals surface area contributed by atoms with Crippen molar-refractivity contribution in [2.24, 2.45) is 5.92 Å². The maximum Gasteiger partial charge on any atom is 0.0402 e. The Balaban J connectivity index is 2.34. The van der Waals surface area contributed by atoms with Gasteiger partial charge >= 0.3 is 0 Å². The Morgan fingerprint density at radius 3 is 2.68 bits per heavy atom. The van der Waals surface area contributed by atoms with Crippen LogP contribution in [0.3, 0.4) is 0 Å². The number of thiophene rings is 1. The molecule has 3 heteroatoms. The standard InChI is InChI=1S/C16H28N2S/c1-11(2)18-8-6-7-14(10-17-5)16(18)15-9-12(3)19-13(15)4/h9,11,14,16-17H,6-8,10H2,1-5H3. The molecule has 2 rings (SSSR count). The summed E-state index contributed by atoms with van der Waals surface area (Å²) in [4.78, 5) is 5.67. The topological polar surface area (TPSA) is 15.3 Å². The minimum Gasteiger partial charge on any atom is -0.319 e. The monoisotopic (exact) mass is 280 g/mol. The third kappa shape index (κ3) is 3.21. The van der Waals surface area contributed by atoms with Crippen molar-refractivity contribution < 1.29 is 0 Å². The molecule has 1 aliphatic heterocycles. The molecule has 0 radical (unpaired) electrons. The molecule has 0 aromatic carbocycles. The van der Waals surface area contributed by atoms with E-state index >= 15 is 0 Å². The molecule has 0 spiro atoms. The molecule has 2 unspecified atom stereocenters. The molecule has 2 heterocycles. The Labute approximate surface area is 122 Å². The molecule has 2 nitrogen and oxygen atoms in total. The van der Waals surface area contributed by atoms with E-state index < -0.39 is 0 Å². The summed E-state index contributed by atoms with van der Waals surface area (Å²) in [5.74, 6) is 0.744. The molecule has 0 bridgehead atoms.